The summed E-state index contributed by atoms with van der Waals surface area (Å²) in [6.45, 7) is 1.72. The van der Waals surface area contributed by atoms with Gasteiger partial charge in [0.15, 0.2) is 6.61 Å². The first-order valence-corrected chi connectivity index (χ1v) is 8.60. The van der Waals surface area contributed by atoms with E-state index in [1.807, 2.05) is 49.4 Å². The van der Waals surface area contributed by atoms with Crippen LogP contribution in [0.5, 0.6) is 11.5 Å². The summed E-state index contributed by atoms with van der Waals surface area (Å²) >= 11 is 1.36. The average Bonchev–Trinajstić information content (AvgIpc) is 2.64. The highest BCUT2D eigenvalue weighted by Crippen LogP contribution is 2.20. The molecule has 0 unspecified atom stereocenters. The standard InChI is InChI=1S/C18H20N2O4S/c1-13-5-3-4-6-16(13)24-11-17(21)19-20-18(22)12-25-15-9-7-14(23-2)8-10-15/h3-10H,11-12H2,1-2H3,(H,19,21)(H,20,22). The number of hydrogen-bond donors (Lipinski definition) is 2. The van der Waals surface area contributed by atoms with Crippen LogP contribution in [0, 0.1) is 6.92 Å². The van der Waals surface area contributed by atoms with Crippen LogP contribution in [0.2, 0.25) is 0 Å². The second-order valence-corrected chi connectivity index (χ2v) is 6.16. The van der Waals surface area contributed by atoms with Crippen molar-refractivity contribution in [1.82, 2.24) is 10.9 Å². The van der Waals surface area contributed by atoms with Gasteiger partial charge >= 0.3 is 0 Å². The Bertz CT molecular complexity index is 719. The Hall–Kier alpha value is -2.67. The first-order chi connectivity index (χ1) is 12.1. The predicted molar refractivity (Wildman–Crippen MR) is 96.7 cm³/mol. The lowest BCUT2D eigenvalue weighted by Gasteiger charge is -2.10. The highest BCUT2D eigenvalue weighted by molar-refractivity contribution is 8.00. The van der Waals surface area contributed by atoms with Gasteiger partial charge in [-0.25, -0.2) is 0 Å². The highest BCUT2D eigenvalue weighted by atomic mass is 32.2. The number of carbonyl (C=O) groups excluding carboxylic acids is 2. The number of methoxy groups -OCH3 is 1. The molecule has 0 spiro atoms. The normalized spacial score (nSPS) is 10.0. The summed E-state index contributed by atoms with van der Waals surface area (Å²) in [5.41, 5.74) is 5.63. The van der Waals surface area contributed by atoms with Crippen LogP contribution in [0.25, 0.3) is 0 Å². The molecule has 0 aliphatic carbocycles. The third-order valence-corrected chi connectivity index (χ3v) is 4.24. The van der Waals surface area contributed by atoms with Crippen LogP contribution >= 0.6 is 11.8 Å². The van der Waals surface area contributed by atoms with Gasteiger partial charge in [0.05, 0.1) is 12.9 Å². The molecular weight excluding hydrogens is 340 g/mol. The molecule has 2 N–H and O–H groups in total. The lowest BCUT2D eigenvalue weighted by atomic mass is 10.2. The van der Waals surface area contributed by atoms with E-state index in [4.69, 9.17) is 9.47 Å². The molecule has 2 amide bonds. The Morgan fingerprint density at radius 2 is 1.68 bits per heavy atom. The van der Waals surface area contributed by atoms with Gasteiger partial charge in [0.25, 0.3) is 5.91 Å². The third kappa shape index (κ3) is 6.39. The summed E-state index contributed by atoms with van der Waals surface area (Å²) in [5, 5.41) is 0. The SMILES string of the molecule is COc1ccc(SCC(=O)NNC(=O)COc2ccccc2C)cc1. The van der Waals surface area contributed by atoms with Gasteiger partial charge in [0.1, 0.15) is 11.5 Å². The Labute approximate surface area is 150 Å². The van der Waals surface area contributed by atoms with Crippen molar-refractivity contribution in [3.8, 4) is 11.5 Å². The third-order valence-electron chi connectivity index (χ3n) is 3.22. The second kappa shape index (κ2) is 9.58. The average molecular weight is 360 g/mol. The van der Waals surface area contributed by atoms with E-state index in [2.05, 4.69) is 10.9 Å². The Morgan fingerprint density at radius 1 is 1.00 bits per heavy atom. The molecule has 0 saturated carbocycles. The molecule has 0 saturated heterocycles. The fourth-order valence-corrected chi connectivity index (χ4v) is 2.59. The minimum atomic E-state index is -0.425. The molecule has 2 aromatic carbocycles. The van der Waals surface area contributed by atoms with Crippen LogP contribution in [0.4, 0.5) is 0 Å². The lowest BCUT2D eigenvalue weighted by Crippen LogP contribution is -2.44. The molecule has 25 heavy (non-hydrogen) atoms. The molecule has 0 fully saturated rings. The number of aryl methyl sites for hydroxylation is 1. The van der Waals surface area contributed by atoms with Gasteiger partial charge < -0.3 is 9.47 Å². The molecular formula is C18H20N2O4S. The monoisotopic (exact) mass is 360 g/mol. The number of hydrazine groups is 1. The number of carbonyl (C=O) groups is 2. The second-order valence-electron chi connectivity index (χ2n) is 5.11. The molecule has 2 aromatic rings. The van der Waals surface area contributed by atoms with E-state index in [-0.39, 0.29) is 18.3 Å². The largest absolute Gasteiger partial charge is 0.497 e. The minimum absolute atomic E-state index is 0.170. The lowest BCUT2D eigenvalue weighted by molar-refractivity contribution is -0.128. The van der Waals surface area contributed by atoms with Gasteiger partial charge in [-0.2, -0.15) is 0 Å². The zero-order valence-corrected chi connectivity index (χ0v) is 14.9. The Morgan fingerprint density at radius 3 is 2.36 bits per heavy atom. The fourth-order valence-electron chi connectivity index (χ4n) is 1.89. The maximum absolute atomic E-state index is 11.8. The van der Waals surface area contributed by atoms with Crippen molar-refractivity contribution in [1.29, 1.82) is 0 Å². The van der Waals surface area contributed by atoms with E-state index < -0.39 is 5.91 Å². The van der Waals surface area contributed by atoms with E-state index in [1.54, 1.807) is 13.2 Å². The zero-order valence-electron chi connectivity index (χ0n) is 14.1. The molecule has 0 heterocycles. The molecule has 0 aliphatic heterocycles. The van der Waals surface area contributed by atoms with E-state index in [9.17, 15) is 9.59 Å². The number of nitrogens with one attached hydrogen (secondary N) is 2. The van der Waals surface area contributed by atoms with Crippen LogP contribution in [0.3, 0.4) is 0 Å². The van der Waals surface area contributed by atoms with Crippen molar-refractivity contribution < 1.29 is 19.1 Å². The van der Waals surface area contributed by atoms with Crippen LogP contribution < -0.4 is 20.3 Å². The summed E-state index contributed by atoms with van der Waals surface area (Å²) in [7, 11) is 1.60. The number of ether oxygens (including phenoxy) is 2. The Balaban J connectivity index is 1.66. The first-order valence-electron chi connectivity index (χ1n) is 7.61. The van der Waals surface area contributed by atoms with E-state index in [1.165, 1.54) is 11.8 Å². The van der Waals surface area contributed by atoms with Crippen molar-refractivity contribution >= 4 is 23.6 Å². The van der Waals surface area contributed by atoms with Crippen molar-refractivity contribution in [2.24, 2.45) is 0 Å². The molecule has 132 valence electrons. The van der Waals surface area contributed by atoms with Crippen LogP contribution in [0.1, 0.15) is 5.56 Å². The van der Waals surface area contributed by atoms with E-state index in [0.29, 0.717) is 5.75 Å². The maximum Gasteiger partial charge on any atom is 0.276 e. The number of benzene rings is 2. The molecule has 0 bridgehead atoms. The van der Waals surface area contributed by atoms with Gasteiger partial charge in [-0.15, -0.1) is 11.8 Å². The zero-order chi connectivity index (χ0) is 18.1. The van der Waals surface area contributed by atoms with Gasteiger partial charge in [0, 0.05) is 4.90 Å². The van der Waals surface area contributed by atoms with E-state index in [0.717, 1.165) is 16.2 Å². The fraction of sp³-hybridized carbons (Fsp3) is 0.222. The number of hydrogen-bond acceptors (Lipinski definition) is 5. The molecule has 6 nitrogen and oxygen atoms in total. The molecule has 0 aliphatic rings. The van der Waals surface area contributed by atoms with Crippen molar-refractivity contribution in [3.05, 3.63) is 54.1 Å². The van der Waals surface area contributed by atoms with Gasteiger partial charge in [0.2, 0.25) is 5.91 Å². The molecule has 2 rings (SSSR count). The summed E-state index contributed by atoms with van der Waals surface area (Å²) in [5.74, 6) is 0.857. The summed E-state index contributed by atoms with van der Waals surface area (Å²) < 4.78 is 10.5. The van der Waals surface area contributed by atoms with Gasteiger partial charge in [-0.3, -0.25) is 20.4 Å². The van der Waals surface area contributed by atoms with Crippen LogP contribution in [-0.4, -0.2) is 31.3 Å². The summed E-state index contributed by atoms with van der Waals surface area (Å²) in [4.78, 5) is 24.4. The number of thioether (sulfide) groups is 1. The Kier molecular flexibility index (Phi) is 7.16. The van der Waals surface area contributed by atoms with Gasteiger partial charge in [-0.1, -0.05) is 18.2 Å². The quantitative estimate of drug-likeness (QED) is 0.585. The predicted octanol–water partition coefficient (Wildman–Crippen LogP) is 2.32. The molecule has 7 heteroatoms. The van der Waals surface area contributed by atoms with Crippen molar-refractivity contribution in [2.75, 3.05) is 19.5 Å². The highest BCUT2D eigenvalue weighted by Gasteiger charge is 2.07. The number of para-hydroxylation sites is 1. The summed E-state index contributed by atoms with van der Waals surface area (Å²) in [6.07, 6.45) is 0. The van der Waals surface area contributed by atoms with Crippen molar-refractivity contribution in [3.63, 3.8) is 0 Å². The van der Waals surface area contributed by atoms with E-state index >= 15 is 0 Å². The number of rotatable bonds is 7. The molecule has 0 atom stereocenters. The first kappa shape index (κ1) is 18.7. The number of amides is 2. The van der Waals surface area contributed by atoms with Crippen LogP contribution in [0.15, 0.2) is 53.4 Å². The smallest absolute Gasteiger partial charge is 0.276 e. The van der Waals surface area contributed by atoms with Crippen LogP contribution in [-0.2, 0) is 9.59 Å². The topological polar surface area (TPSA) is 76.7 Å². The van der Waals surface area contributed by atoms with Gasteiger partial charge in [-0.05, 0) is 42.8 Å². The maximum atomic E-state index is 11.8. The van der Waals surface area contributed by atoms with Crippen molar-refractivity contribution in [2.45, 2.75) is 11.8 Å². The molecule has 0 radical (unpaired) electrons. The molecule has 0 aromatic heterocycles. The minimum Gasteiger partial charge on any atom is -0.497 e. The summed E-state index contributed by atoms with van der Waals surface area (Å²) in [6, 6.07) is 14.8.